The summed E-state index contributed by atoms with van der Waals surface area (Å²) in [7, 11) is 0. The van der Waals surface area contributed by atoms with E-state index >= 15 is 0 Å². The monoisotopic (exact) mass is 586 g/mol. The number of para-hydroxylation sites is 1. The van der Waals surface area contributed by atoms with Crippen molar-refractivity contribution < 1.29 is 0 Å². The Balaban J connectivity index is 1.26. The van der Waals surface area contributed by atoms with Gasteiger partial charge in [-0.1, -0.05) is 127 Å². The lowest BCUT2D eigenvalue weighted by Gasteiger charge is -2.16. The van der Waals surface area contributed by atoms with Crippen molar-refractivity contribution in [3.8, 4) is 45.3 Å². The summed E-state index contributed by atoms with van der Waals surface area (Å²) in [6.07, 6.45) is 1.79. The standard InChI is InChI=1S/C42H26N4/c1-2-12-29(13-3-1)42-45-37(26-38(46-42)36-20-10-11-25-43-36)27-21-23-28(24-22-27)41-40-33-17-7-5-15-31(33)30-14-4-6-16-32(30)39(40)34-18-8-9-19-35(34)44-41/h1-26H. The van der Waals surface area contributed by atoms with Gasteiger partial charge in [-0.15, -0.1) is 0 Å². The fraction of sp³-hybridized carbons (Fsp3) is 0. The molecule has 0 saturated carbocycles. The number of hydrogen-bond donors (Lipinski definition) is 0. The lowest BCUT2D eigenvalue weighted by Crippen LogP contribution is -1.97. The number of benzene rings is 6. The Hall–Kier alpha value is -6.26. The molecule has 9 aromatic rings. The van der Waals surface area contributed by atoms with Gasteiger partial charge in [-0.3, -0.25) is 4.98 Å². The van der Waals surface area contributed by atoms with E-state index in [1.165, 1.54) is 32.3 Å². The van der Waals surface area contributed by atoms with Gasteiger partial charge in [-0.05, 0) is 45.8 Å². The second kappa shape index (κ2) is 10.7. The van der Waals surface area contributed by atoms with Gasteiger partial charge in [-0.25, -0.2) is 15.0 Å². The van der Waals surface area contributed by atoms with Crippen LogP contribution in [0.15, 0.2) is 158 Å². The van der Waals surface area contributed by atoms with Gasteiger partial charge in [0.2, 0.25) is 0 Å². The summed E-state index contributed by atoms with van der Waals surface area (Å²) in [5.74, 6) is 0.670. The molecule has 3 aromatic heterocycles. The summed E-state index contributed by atoms with van der Waals surface area (Å²) >= 11 is 0. The molecule has 0 radical (unpaired) electrons. The molecule has 0 amide bonds. The molecule has 3 heterocycles. The molecule has 4 nitrogen and oxygen atoms in total. The summed E-state index contributed by atoms with van der Waals surface area (Å²) in [5, 5.41) is 8.51. The van der Waals surface area contributed by atoms with Crippen LogP contribution in [0.3, 0.4) is 0 Å². The Morgan fingerprint density at radius 2 is 0.935 bits per heavy atom. The fourth-order valence-corrected chi connectivity index (χ4v) is 6.59. The molecule has 0 atom stereocenters. The van der Waals surface area contributed by atoms with Crippen molar-refractivity contribution >= 4 is 43.2 Å². The zero-order valence-electron chi connectivity index (χ0n) is 24.8. The maximum absolute atomic E-state index is 5.31. The van der Waals surface area contributed by atoms with Gasteiger partial charge >= 0.3 is 0 Å². The third-order valence-electron chi connectivity index (χ3n) is 8.71. The third kappa shape index (κ3) is 4.31. The van der Waals surface area contributed by atoms with Crippen LogP contribution in [0.1, 0.15) is 0 Å². The SMILES string of the molecule is c1ccc(-c2nc(-c3ccc(-c4nc5ccccc5c5c6ccccc6c6ccccc6c45)cc3)cc(-c3ccccn3)n2)cc1. The molecule has 0 bridgehead atoms. The molecule has 0 fully saturated rings. The topological polar surface area (TPSA) is 51.6 Å². The van der Waals surface area contributed by atoms with Crippen LogP contribution in [0.2, 0.25) is 0 Å². The minimum absolute atomic E-state index is 0.670. The van der Waals surface area contributed by atoms with Crippen LogP contribution in [0, 0.1) is 0 Å². The first kappa shape index (κ1) is 26.2. The van der Waals surface area contributed by atoms with Crippen LogP contribution < -0.4 is 0 Å². The number of hydrogen-bond acceptors (Lipinski definition) is 4. The summed E-state index contributed by atoms with van der Waals surface area (Å²) in [6.45, 7) is 0. The lowest BCUT2D eigenvalue weighted by molar-refractivity contribution is 1.16. The molecular formula is C42H26N4. The Bertz CT molecular complexity index is 2500. The van der Waals surface area contributed by atoms with E-state index in [0.717, 1.165) is 50.4 Å². The fourth-order valence-electron chi connectivity index (χ4n) is 6.59. The first-order valence-corrected chi connectivity index (χ1v) is 15.4. The van der Waals surface area contributed by atoms with Crippen molar-refractivity contribution in [3.63, 3.8) is 0 Å². The number of rotatable bonds is 4. The highest BCUT2D eigenvalue weighted by atomic mass is 14.9. The van der Waals surface area contributed by atoms with E-state index in [9.17, 15) is 0 Å². The molecular weight excluding hydrogens is 560 g/mol. The van der Waals surface area contributed by atoms with Gasteiger partial charge in [0.25, 0.3) is 0 Å². The van der Waals surface area contributed by atoms with Gasteiger partial charge in [0.1, 0.15) is 0 Å². The zero-order valence-corrected chi connectivity index (χ0v) is 24.8. The van der Waals surface area contributed by atoms with E-state index in [4.69, 9.17) is 15.0 Å². The second-order valence-electron chi connectivity index (χ2n) is 11.4. The van der Waals surface area contributed by atoms with Crippen LogP contribution >= 0.6 is 0 Å². The third-order valence-corrected chi connectivity index (χ3v) is 8.71. The molecule has 6 aromatic carbocycles. The van der Waals surface area contributed by atoms with Crippen LogP contribution in [-0.4, -0.2) is 19.9 Å². The highest BCUT2D eigenvalue weighted by Crippen LogP contribution is 2.42. The lowest BCUT2D eigenvalue weighted by atomic mass is 9.90. The number of pyridine rings is 2. The van der Waals surface area contributed by atoms with Crippen LogP contribution in [-0.2, 0) is 0 Å². The molecule has 9 rings (SSSR count). The normalized spacial score (nSPS) is 11.5. The van der Waals surface area contributed by atoms with Crippen molar-refractivity contribution in [1.29, 1.82) is 0 Å². The minimum atomic E-state index is 0.670. The summed E-state index contributed by atoms with van der Waals surface area (Å²) in [5.41, 5.74) is 7.42. The molecule has 46 heavy (non-hydrogen) atoms. The zero-order chi connectivity index (χ0) is 30.5. The molecule has 0 unspecified atom stereocenters. The minimum Gasteiger partial charge on any atom is -0.255 e. The molecule has 0 N–H and O–H groups in total. The smallest absolute Gasteiger partial charge is 0.160 e. The molecule has 0 spiro atoms. The number of fused-ring (bicyclic) bond motifs is 8. The van der Waals surface area contributed by atoms with E-state index in [1.807, 2.05) is 54.6 Å². The molecule has 0 saturated heterocycles. The number of aromatic nitrogens is 4. The van der Waals surface area contributed by atoms with E-state index < -0.39 is 0 Å². The van der Waals surface area contributed by atoms with Crippen LogP contribution in [0.4, 0.5) is 0 Å². The molecule has 214 valence electrons. The first-order chi connectivity index (χ1) is 22.8. The predicted molar refractivity (Wildman–Crippen MR) is 189 cm³/mol. The largest absolute Gasteiger partial charge is 0.255 e. The highest BCUT2D eigenvalue weighted by molar-refractivity contribution is 6.33. The Morgan fingerprint density at radius 1 is 0.348 bits per heavy atom. The van der Waals surface area contributed by atoms with Gasteiger partial charge in [-0.2, -0.15) is 0 Å². The highest BCUT2D eigenvalue weighted by Gasteiger charge is 2.18. The summed E-state index contributed by atoms with van der Waals surface area (Å²) in [6, 6.07) is 52.5. The average molecular weight is 587 g/mol. The van der Waals surface area contributed by atoms with Crippen molar-refractivity contribution in [2.24, 2.45) is 0 Å². The van der Waals surface area contributed by atoms with Crippen molar-refractivity contribution in [2.45, 2.75) is 0 Å². The molecule has 0 aliphatic heterocycles. The van der Waals surface area contributed by atoms with Gasteiger partial charge in [0.05, 0.1) is 28.3 Å². The predicted octanol–water partition coefficient (Wildman–Crippen LogP) is 10.5. The van der Waals surface area contributed by atoms with E-state index in [2.05, 4.69) is 102 Å². The van der Waals surface area contributed by atoms with Crippen molar-refractivity contribution in [1.82, 2.24) is 19.9 Å². The summed E-state index contributed by atoms with van der Waals surface area (Å²) in [4.78, 5) is 19.8. The summed E-state index contributed by atoms with van der Waals surface area (Å²) < 4.78 is 0. The van der Waals surface area contributed by atoms with E-state index in [0.29, 0.717) is 5.82 Å². The average Bonchev–Trinajstić information content (AvgIpc) is 3.15. The van der Waals surface area contributed by atoms with Gasteiger partial charge < -0.3 is 0 Å². The molecule has 0 aliphatic carbocycles. The maximum atomic E-state index is 5.31. The van der Waals surface area contributed by atoms with E-state index in [-0.39, 0.29) is 0 Å². The van der Waals surface area contributed by atoms with Gasteiger partial charge in [0, 0.05) is 39.0 Å². The van der Waals surface area contributed by atoms with Gasteiger partial charge in [0.15, 0.2) is 5.82 Å². The number of nitrogens with zero attached hydrogens (tertiary/aromatic N) is 4. The first-order valence-electron chi connectivity index (χ1n) is 15.4. The second-order valence-corrected chi connectivity index (χ2v) is 11.4. The molecule has 0 aliphatic rings. The van der Waals surface area contributed by atoms with Crippen LogP contribution in [0.25, 0.3) is 88.5 Å². The van der Waals surface area contributed by atoms with Crippen molar-refractivity contribution in [3.05, 3.63) is 158 Å². The quantitative estimate of drug-likeness (QED) is 0.193. The van der Waals surface area contributed by atoms with Crippen molar-refractivity contribution in [2.75, 3.05) is 0 Å². The Kier molecular flexibility index (Phi) is 6.10. The molecule has 4 heteroatoms. The maximum Gasteiger partial charge on any atom is 0.160 e. The van der Waals surface area contributed by atoms with Crippen LogP contribution in [0.5, 0.6) is 0 Å². The Labute approximate surface area is 265 Å². The van der Waals surface area contributed by atoms with E-state index in [1.54, 1.807) is 6.20 Å². The Morgan fingerprint density at radius 3 is 1.65 bits per heavy atom.